The molecule has 5 nitrogen and oxygen atoms in total. The second-order valence-electron chi connectivity index (χ2n) is 6.67. The van der Waals surface area contributed by atoms with Crippen molar-refractivity contribution in [1.29, 1.82) is 0 Å². The maximum Gasteiger partial charge on any atom is 0.167 e. The monoisotopic (exact) mass is 345 g/mol. The number of ketones is 1. The van der Waals surface area contributed by atoms with Crippen LogP contribution in [0.4, 0.5) is 4.39 Å². The number of ether oxygens (including phenoxy) is 1. The molecule has 2 aromatic rings. The van der Waals surface area contributed by atoms with Crippen LogP contribution in [0.3, 0.4) is 0 Å². The number of nitrogens with zero attached hydrogens (tertiary/aromatic N) is 3. The van der Waals surface area contributed by atoms with Gasteiger partial charge in [-0.2, -0.15) is 5.10 Å². The average molecular weight is 345 g/mol. The smallest absolute Gasteiger partial charge is 0.167 e. The van der Waals surface area contributed by atoms with Gasteiger partial charge in [0, 0.05) is 42.9 Å². The van der Waals surface area contributed by atoms with Gasteiger partial charge in [-0.25, -0.2) is 4.39 Å². The zero-order chi connectivity index (χ0) is 18.0. The Morgan fingerprint density at radius 2 is 2.24 bits per heavy atom. The van der Waals surface area contributed by atoms with E-state index in [1.807, 2.05) is 17.9 Å². The van der Waals surface area contributed by atoms with Crippen molar-refractivity contribution < 1.29 is 13.9 Å². The Bertz CT molecular complexity index is 772. The number of halogens is 1. The van der Waals surface area contributed by atoms with Crippen LogP contribution in [0.15, 0.2) is 24.4 Å². The standard InChI is InChI=1S/C19H24FN3O2/c1-13-16(10-21-22(13)2)12-23-8-4-5-15(11-23)19(24)14-6-7-18(25-3)17(20)9-14/h6-7,9-10,15H,4-5,8,11-12H2,1-3H3. The van der Waals surface area contributed by atoms with Crippen LogP contribution in [0.1, 0.15) is 34.5 Å². The van der Waals surface area contributed by atoms with Crippen LogP contribution in [0, 0.1) is 18.7 Å². The van der Waals surface area contributed by atoms with Crippen LogP contribution in [0.5, 0.6) is 5.75 Å². The maximum absolute atomic E-state index is 13.9. The molecule has 6 heteroatoms. The van der Waals surface area contributed by atoms with Gasteiger partial charge in [0.05, 0.1) is 13.3 Å². The number of piperidine rings is 1. The molecule has 0 N–H and O–H groups in total. The molecular formula is C19H24FN3O2. The molecule has 25 heavy (non-hydrogen) atoms. The van der Waals surface area contributed by atoms with E-state index in [0.29, 0.717) is 12.1 Å². The minimum atomic E-state index is -0.494. The first-order valence-corrected chi connectivity index (χ1v) is 8.57. The summed E-state index contributed by atoms with van der Waals surface area (Å²) in [6.07, 6.45) is 3.70. The predicted molar refractivity (Wildman–Crippen MR) is 93.2 cm³/mol. The van der Waals surface area contributed by atoms with Gasteiger partial charge in [0.2, 0.25) is 0 Å². The lowest BCUT2D eigenvalue weighted by Crippen LogP contribution is -2.38. The van der Waals surface area contributed by atoms with Crippen molar-refractivity contribution in [2.75, 3.05) is 20.2 Å². The fourth-order valence-corrected chi connectivity index (χ4v) is 3.41. The lowest BCUT2D eigenvalue weighted by atomic mass is 9.89. The normalized spacial score (nSPS) is 18.3. The Kier molecular flexibility index (Phi) is 5.18. The molecule has 0 saturated carbocycles. The van der Waals surface area contributed by atoms with Crippen molar-refractivity contribution in [1.82, 2.24) is 14.7 Å². The molecule has 134 valence electrons. The number of hydrogen-bond donors (Lipinski definition) is 0. The third-order valence-corrected chi connectivity index (χ3v) is 5.04. The second-order valence-corrected chi connectivity index (χ2v) is 6.67. The first kappa shape index (κ1) is 17.6. The molecule has 1 fully saturated rings. The third kappa shape index (κ3) is 3.74. The first-order chi connectivity index (χ1) is 12.0. The van der Waals surface area contributed by atoms with Gasteiger partial charge in [0.15, 0.2) is 17.3 Å². The number of aryl methyl sites for hydroxylation is 1. The van der Waals surface area contributed by atoms with E-state index in [1.54, 1.807) is 6.07 Å². The Hall–Kier alpha value is -2.21. The number of hydrogen-bond acceptors (Lipinski definition) is 4. The van der Waals surface area contributed by atoms with Crippen LogP contribution in [0.2, 0.25) is 0 Å². The summed E-state index contributed by atoms with van der Waals surface area (Å²) >= 11 is 0. The molecule has 0 aliphatic carbocycles. The predicted octanol–water partition coefficient (Wildman–Crippen LogP) is 2.97. The van der Waals surface area contributed by atoms with Gasteiger partial charge in [-0.15, -0.1) is 0 Å². The van der Waals surface area contributed by atoms with E-state index in [9.17, 15) is 9.18 Å². The number of rotatable bonds is 5. The van der Waals surface area contributed by atoms with Crippen molar-refractivity contribution in [3.63, 3.8) is 0 Å². The van der Waals surface area contributed by atoms with Crippen molar-refractivity contribution in [3.8, 4) is 5.75 Å². The first-order valence-electron chi connectivity index (χ1n) is 8.57. The van der Waals surface area contributed by atoms with Crippen molar-refractivity contribution >= 4 is 5.78 Å². The summed E-state index contributed by atoms with van der Waals surface area (Å²) in [5.74, 6) is -0.423. The molecule has 1 aromatic carbocycles. The summed E-state index contributed by atoms with van der Waals surface area (Å²) in [5, 5.41) is 4.28. The number of aromatic nitrogens is 2. The number of Topliss-reactive ketones (excluding diaryl/α,β-unsaturated/α-hetero) is 1. The summed E-state index contributed by atoms with van der Waals surface area (Å²) in [7, 11) is 3.35. The summed E-state index contributed by atoms with van der Waals surface area (Å²) in [6.45, 7) is 4.51. The summed E-state index contributed by atoms with van der Waals surface area (Å²) < 4.78 is 20.7. The highest BCUT2D eigenvalue weighted by Crippen LogP contribution is 2.25. The van der Waals surface area contributed by atoms with Crippen LogP contribution >= 0.6 is 0 Å². The van der Waals surface area contributed by atoms with E-state index in [0.717, 1.165) is 31.6 Å². The van der Waals surface area contributed by atoms with Crippen molar-refractivity contribution in [3.05, 3.63) is 47.0 Å². The van der Waals surface area contributed by atoms with Crippen LogP contribution in [-0.4, -0.2) is 40.7 Å². The molecule has 0 spiro atoms. The largest absolute Gasteiger partial charge is 0.494 e. The zero-order valence-electron chi connectivity index (χ0n) is 15.0. The topological polar surface area (TPSA) is 47.4 Å². The van der Waals surface area contributed by atoms with Gasteiger partial charge >= 0.3 is 0 Å². The van der Waals surface area contributed by atoms with Crippen molar-refractivity contribution in [2.45, 2.75) is 26.3 Å². The Balaban J connectivity index is 1.69. The van der Waals surface area contributed by atoms with Gasteiger partial charge in [-0.05, 0) is 44.5 Å². The van der Waals surface area contributed by atoms with Gasteiger partial charge in [0.1, 0.15) is 0 Å². The number of carbonyl (C=O) groups is 1. The maximum atomic E-state index is 13.9. The lowest BCUT2D eigenvalue weighted by Gasteiger charge is -2.32. The quantitative estimate of drug-likeness (QED) is 0.782. The zero-order valence-corrected chi connectivity index (χ0v) is 15.0. The highest BCUT2D eigenvalue weighted by Gasteiger charge is 2.27. The Morgan fingerprint density at radius 3 is 2.88 bits per heavy atom. The lowest BCUT2D eigenvalue weighted by molar-refractivity contribution is 0.0811. The SMILES string of the molecule is COc1ccc(C(=O)C2CCCN(Cc3cnn(C)c3C)C2)cc1F. The molecule has 0 amide bonds. The molecule has 1 saturated heterocycles. The van der Waals surface area contributed by atoms with Crippen LogP contribution in [-0.2, 0) is 13.6 Å². The molecule has 1 unspecified atom stereocenters. The highest BCUT2D eigenvalue weighted by atomic mass is 19.1. The van der Waals surface area contributed by atoms with Gasteiger partial charge in [-0.3, -0.25) is 14.4 Å². The van der Waals surface area contributed by atoms with Crippen LogP contribution in [0.25, 0.3) is 0 Å². The Morgan fingerprint density at radius 1 is 1.44 bits per heavy atom. The number of benzene rings is 1. The molecule has 1 atom stereocenters. The van der Waals surface area contributed by atoms with Gasteiger partial charge < -0.3 is 4.74 Å². The second kappa shape index (κ2) is 7.35. The summed E-state index contributed by atoms with van der Waals surface area (Å²) in [4.78, 5) is 15.1. The van der Waals surface area contributed by atoms with E-state index >= 15 is 0 Å². The molecule has 2 heterocycles. The fraction of sp³-hybridized carbons (Fsp3) is 0.474. The van der Waals surface area contributed by atoms with E-state index in [-0.39, 0.29) is 17.5 Å². The van der Waals surface area contributed by atoms with Gasteiger partial charge in [0.25, 0.3) is 0 Å². The average Bonchev–Trinajstić information content (AvgIpc) is 2.93. The van der Waals surface area contributed by atoms with E-state index in [4.69, 9.17) is 4.74 Å². The minimum Gasteiger partial charge on any atom is -0.494 e. The molecule has 1 aliphatic heterocycles. The van der Waals surface area contributed by atoms with Crippen LogP contribution < -0.4 is 4.74 Å². The molecular weight excluding hydrogens is 321 g/mol. The minimum absolute atomic E-state index is 0.00848. The van der Waals surface area contributed by atoms with E-state index < -0.39 is 5.82 Å². The van der Waals surface area contributed by atoms with E-state index in [2.05, 4.69) is 16.9 Å². The molecule has 1 aromatic heterocycles. The number of carbonyl (C=O) groups excluding carboxylic acids is 1. The van der Waals surface area contributed by atoms with Gasteiger partial charge in [-0.1, -0.05) is 0 Å². The summed E-state index contributed by atoms with van der Waals surface area (Å²) in [6, 6.07) is 4.45. The number of likely N-dealkylation sites (tertiary alicyclic amines) is 1. The molecule has 0 radical (unpaired) electrons. The molecule has 1 aliphatic rings. The Labute approximate surface area is 147 Å². The fourth-order valence-electron chi connectivity index (χ4n) is 3.41. The molecule has 0 bridgehead atoms. The molecule has 3 rings (SSSR count). The van der Waals surface area contributed by atoms with E-state index in [1.165, 1.54) is 24.8 Å². The van der Waals surface area contributed by atoms with Crippen molar-refractivity contribution in [2.24, 2.45) is 13.0 Å². The third-order valence-electron chi connectivity index (χ3n) is 5.04. The number of methoxy groups -OCH3 is 1. The summed E-state index contributed by atoms with van der Waals surface area (Å²) in [5.41, 5.74) is 2.75. The highest BCUT2D eigenvalue weighted by molar-refractivity contribution is 5.98.